The number of hydrogen-bond acceptors (Lipinski definition) is 6. The molecule has 1 aromatic carbocycles. The SMILES string of the molecule is O=C(NCc1ccc(F)cc1OC1CC1)c1cn2c(c(O)c1=O)C(=O)N1[C@@H](C2)O[C@@H]2CCC23C[C@@H]13. The fourth-order valence-corrected chi connectivity index (χ4v) is 5.88. The molecule has 0 radical (unpaired) electrons. The van der Waals surface area contributed by atoms with Gasteiger partial charge in [-0.2, -0.15) is 0 Å². The first kappa shape index (κ1) is 20.9. The van der Waals surface area contributed by atoms with Crippen molar-refractivity contribution in [2.45, 2.75) is 69.7 Å². The van der Waals surface area contributed by atoms with Crippen LogP contribution in [0, 0.1) is 11.2 Å². The number of aromatic hydroxyl groups is 1. The van der Waals surface area contributed by atoms with Gasteiger partial charge in [0.2, 0.25) is 5.43 Å². The number of aromatic nitrogens is 1. The molecule has 9 nitrogen and oxygen atoms in total. The standard InChI is InChI=1S/C25H24FN3O6/c26-13-2-1-12(16(7-13)34-14-3-4-14)9-27-23(32)15-10-28-11-19-29(24(33)20(28)22(31)21(15)30)17-8-25(17)6-5-18(25)35-19/h1-2,7,10,14,17-19,31H,3-6,8-9,11H2,(H,27,32)/t17-,18-,19-,25?/m1/s1. The van der Waals surface area contributed by atoms with E-state index in [0.717, 1.165) is 32.1 Å². The number of fused-ring (bicyclic) bond motifs is 3. The molecule has 3 heterocycles. The van der Waals surface area contributed by atoms with Crippen LogP contribution >= 0.6 is 0 Å². The number of benzene rings is 1. The predicted molar refractivity (Wildman–Crippen MR) is 118 cm³/mol. The highest BCUT2D eigenvalue weighted by Crippen LogP contribution is 2.67. The molecule has 5 aliphatic rings. The van der Waals surface area contributed by atoms with Crippen molar-refractivity contribution in [2.75, 3.05) is 0 Å². The third-order valence-corrected chi connectivity index (χ3v) is 8.13. The lowest BCUT2D eigenvalue weighted by Gasteiger charge is -2.50. The van der Waals surface area contributed by atoms with Gasteiger partial charge in [0.05, 0.1) is 18.8 Å². The molecular formula is C25H24FN3O6. The Morgan fingerprint density at radius 1 is 1.29 bits per heavy atom. The van der Waals surface area contributed by atoms with E-state index in [0.29, 0.717) is 11.3 Å². The van der Waals surface area contributed by atoms with Crippen molar-refractivity contribution in [3.8, 4) is 11.5 Å². The molecule has 1 aromatic heterocycles. The number of carbonyl (C=O) groups is 2. The first-order valence-corrected chi connectivity index (χ1v) is 12.0. The fourth-order valence-electron chi connectivity index (χ4n) is 5.88. The van der Waals surface area contributed by atoms with Gasteiger partial charge in [-0.25, -0.2) is 4.39 Å². The van der Waals surface area contributed by atoms with Crippen LogP contribution in [-0.4, -0.2) is 50.9 Å². The summed E-state index contributed by atoms with van der Waals surface area (Å²) in [6.45, 7) is 0.239. The summed E-state index contributed by atoms with van der Waals surface area (Å²) in [6.07, 6.45) is 5.70. The molecule has 1 saturated heterocycles. The summed E-state index contributed by atoms with van der Waals surface area (Å²) in [5, 5.41) is 13.3. The van der Waals surface area contributed by atoms with E-state index in [1.54, 1.807) is 4.90 Å². The van der Waals surface area contributed by atoms with Gasteiger partial charge in [0.1, 0.15) is 17.1 Å². The van der Waals surface area contributed by atoms with Gasteiger partial charge in [0, 0.05) is 35.8 Å². The van der Waals surface area contributed by atoms with Gasteiger partial charge < -0.3 is 29.4 Å². The Kier molecular flexibility index (Phi) is 4.23. The monoisotopic (exact) mass is 481 g/mol. The molecule has 35 heavy (non-hydrogen) atoms. The highest BCUT2D eigenvalue weighted by molar-refractivity contribution is 5.99. The number of carbonyl (C=O) groups excluding carboxylic acids is 2. The fraction of sp³-hybridized carbons (Fsp3) is 0.480. The molecule has 2 amide bonds. The van der Waals surface area contributed by atoms with Crippen molar-refractivity contribution in [2.24, 2.45) is 5.41 Å². The van der Waals surface area contributed by atoms with Crippen molar-refractivity contribution < 1.29 is 28.6 Å². The maximum absolute atomic E-state index is 13.7. The third-order valence-electron chi connectivity index (χ3n) is 8.13. The third kappa shape index (κ3) is 3.05. The summed E-state index contributed by atoms with van der Waals surface area (Å²) in [6, 6.07) is 4.16. The summed E-state index contributed by atoms with van der Waals surface area (Å²) in [5.41, 5.74) is -0.667. The minimum Gasteiger partial charge on any atom is -0.503 e. The van der Waals surface area contributed by atoms with Gasteiger partial charge in [-0.05, 0) is 38.2 Å². The quantitative estimate of drug-likeness (QED) is 0.675. The lowest BCUT2D eigenvalue weighted by molar-refractivity contribution is -0.196. The zero-order valence-electron chi connectivity index (χ0n) is 18.8. The molecular weight excluding hydrogens is 457 g/mol. The normalized spacial score (nSPS) is 29.8. The number of nitrogens with zero attached hydrogens (tertiary/aromatic N) is 2. The van der Waals surface area contributed by atoms with Crippen LogP contribution in [0.15, 0.2) is 29.2 Å². The van der Waals surface area contributed by atoms with Gasteiger partial charge >= 0.3 is 0 Å². The van der Waals surface area contributed by atoms with Crippen LogP contribution in [0.4, 0.5) is 4.39 Å². The van der Waals surface area contributed by atoms with E-state index in [1.807, 2.05) is 0 Å². The van der Waals surface area contributed by atoms with Gasteiger partial charge in [-0.15, -0.1) is 0 Å². The van der Waals surface area contributed by atoms with Crippen molar-refractivity contribution in [1.82, 2.24) is 14.8 Å². The molecule has 1 unspecified atom stereocenters. The van der Waals surface area contributed by atoms with Gasteiger partial charge in [-0.1, -0.05) is 6.07 Å². The highest BCUT2D eigenvalue weighted by atomic mass is 19.1. The predicted octanol–water partition coefficient (Wildman–Crippen LogP) is 1.90. The molecule has 10 heteroatoms. The number of ether oxygens (including phenoxy) is 2. The summed E-state index contributed by atoms with van der Waals surface area (Å²) >= 11 is 0. The van der Waals surface area contributed by atoms with Gasteiger partial charge in [0.15, 0.2) is 17.7 Å². The Bertz CT molecular complexity index is 1350. The van der Waals surface area contributed by atoms with Crippen LogP contribution < -0.4 is 15.5 Å². The maximum Gasteiger partial charge on any atom is 0.276 e. The molecule has 4 atom stereocenters. The second-order valence-electron chi connectivity index (χ2n) is 10.3. The topological polar surface area (TPSA) is 110 Å². The summed E-state index contributed by atoms with van der Waals surface area (Å²) in [5.74, 6) is -1.97. The molecule has 1 spiro atoms. The smallest absolute Gasteiger partial charge is 0.276 e. The summed E-state index contributed by atoms with van der Waals surface area (Å²) in [4.78, 5) is 40.8. The highest BCUT2D eigenvalue weighted by Gasteiger charge is 2.72. The molecule has 2 N–H and O–H groups in total. The number of rotatable bonds is 5. The van der Waals surface area contributed by atoms with Crippen molar-refractivity contribution in [3.05, 3.63) is 57.3 Å². The number of hydrogen-bond donors (Lipinski definition) is 2. The molecule has 182 valence electrons. The Balaban J connectivity index is 1.15. The Labute approximate surface area is 199 Å². The van der Waals surface area contributed by atoms with Crippen LogP contribution in [0.3, 0.4) is 0 Å². The Hall–Kier alpha value is -3.40. The molecule has 3 aliphatic carbocycles. The van der Waals surface area contributed by atoms with E-state index in [2.05, 4.69) is 5.32 Å². The number of pyridine rings is 1. The van der Waals surface area contributed by atoms with E-state index < -0.39 is 35.0 Å². The zero-order chi connectivity index (χ0) is 24.1. The molecule has 0 bridgehead atoms. The molecule has 7 rings (SSSR count). The van der Waals surface area contributed by atoms with Gasteiger partial charge in [0.25, 0.3) is 11.8 Å². The van der Waals surface area contributed by atoms with E-state index in [1.165, 1.54) is 29.0 Å². The minimum absolute atomic E-state index is 0.00695. The maximum atomic E-state index is 13.7. The first-order valence-electron chi connectivity index (χ1n) is 12.0. The van der Waals surface area contributed by atoms with E-state index >= 15 is 0 Å². The molecule has 3 saturated carbocycles. The zero-order valence-corrected chi connectivity index (χ0v) is 18.8. The average molecular weight is 481 g/mol. The lowest BCUT2D eigenvalue weighted by Crippen LogP contribution is -2.61. The van der Waals surface area contributed by atoms with Crippen LogP contribution in [-0.2, 0) is 17.8 Å². The van der Waals surface area contributed by atoms with Crippen LogP contribution in [0.2, 0.25) is 0 Å². The Morgan fingerprint density at radius 3 is 2.86 bits per heavy atom. The summed E-state index contributed by atoms with van der Waals surface area (Å²) < 4.78 is 27.0. The second-order valence-corrected chi connectivity index (χ2v) is 10.3. The van der Waals surface area contributed by atoms with Crippen molar-refractivity contribution in [3.63, 3.8) is 0 Å². The van der Waals surface area contributed by atoms with Gasteiger partial charge in [-0.3, -0.25) is 14.4 Å². The second kappa shape index (κ2) is 7.07. The minimum atomic E-state index is -0.904. The van der Waals surface area contributed by atoms with Crippen LogP contribution in [0.5, 0.6) is 11.5 Å². The van der Waals surface area contributed by atoms with Crippen LogP contribution in [0.1, 0.15) is 58.5 Å². The molecule has 2 aliphatic heterocycles. The van der Waals surface area contributed by atoms with Crippen molar-refractivity contribution in [1.29, 1.82) is 0 Å². The first-order chi connectivity index (χ1) is 16.9. The average Bonchev–Trinajstić information content (AvgIpc) is 3.73. The van der Waals surface area contributed by atoms with E-state index in [9.17, 15) is 23.9 Å². The molecule has 2 aromatic rings. The lowest BCUT2D eigenvalue weighted by atomic mass is 9.76. The number of amides is 2. The largest absolute Gasteiger partial charge is 0.503 e. The number of nitrogens with one attached hydrogen (secondary N) is 1. The summed E-state index contributed by atoms with van der Waals surface area (Å²) in [7, 11) is 0. The van der Waals surface area contributed by atoms with Crippen LogP contribution in [0.25, 0.3) is 0 Å². The number of halogens is 1. The Morgan fingerprint density at radius 2 is 2.11 bits per heavy atom. The molecule has 4 fully saturated rings. The van der Waals surface area contributed by atoms with E-state index in [-0.39, 0.29) is 48.0 Å². The van der Waals surface area contributed by atoms with Crippen molar-refractivity contribution >= 4 is 11.8 Å². The van der Waals surface area contributed by atoms with E-state index in [4.69, 9.17) is 9.47 Å².